The second-order valence-corrected chi connectivity index (χ2v) is 9.38. The van der Waals surface area contributed by atoms with Gasteiger partial charge in [-0.15, -0.1) is 0 Å². The van der Waals surface area contributed by atoms with Crippen molar-refractivity contribution in [2.45, 2.75) is 37.8 Å². The molecule has 0 aromatic heterocycles. The van der Waals surface area contributed by atoms with Gasteiger partial charge in [-0.1, -0.05) is 6.92 Å². The lowest BCUT2D eigenvalue weighted by molar-refractivity contribution is -0.134. The summed E-state index contributed by atoms with van der Waals surface area (Å²) in [5.41, 5.74) is -0.773. The first-order valence-electron chi connectivity index (χ1n) is 8.53. The van der Waals surface area contributed by atoms with E-state index in [0.717, 1.165) is 13.1 Å². The van der Waals surface area contributed by atoms with Crippen LogP contribution in [0.5, 0.6) is 0 Å². The van der Waals surface area contributed by atoms with Gasteiger partial charge in [-0.3, -0.25) is 9.69 Å². The zero-order chi connectivity index (χ0) is 17.5. The molecule has 0 saturated carbocycles. The Labute approximate surface area is 143 Å². The number of sulfone groups is 1. The van der Waals surface area contributed by atoms with Gasteiger partial charge in [-0.25, -0.2) is 18.1 Å². The number of carbonyl (C=O) groups excluding carboxylic acids is 2. The number of rotatable bonds is 4. The summed E-state index contributed by atoms with van der Waals surface area (Å²) in [6.45, 7) is 4.25. The van der Waals surface area contributed by atoms with Gasteiger partial charge in [0, 0.05) is 19.1 Å². The van der Waals surface area contributed by atoms with Crippen LogP contribution in [-0.4, -0.2) is 91.5 Å². The van der Waals surface area contributed by atoms with Gasteiger partial charge in [0.05, 0.1) is 18.2 Å². The molecule has 24 heavy (non-hydrogen) atoms. The van der Waals surface area contributed by atoms with Crippen LogP contribution in [0.4, 0.5) is 4.79 Å². The van der Waals surface area contributed by atoms with Crippen molar-refractivity contribution in [1.29, 1.82) is 0 Å². The molecule has 0 bridgehead atoms. The van der Waals surface area contributed by atoms with Gasteiger partial charge in [0.1, 0.15) is 5.54 Å². The third-order valence-corrected chi connectivity index (χ3v) is 7.29. The molecule has 1 N–H and O–H groups in total. The monoisotopic (exact) mass is 358 g/mol. The summed E-state index contributed by atoms with van der Waals surface area (Å²) in [4.78, 5) is 30.6. The van der Waals surface area contributed by atoms with Gasteiger partial charge in [0.2, 0.25) is 0 Å². The number of urea groups is 1. The molecule has 3 saturated heterocycles. The summed E-state index contributed by atoms with van der Waals surface area (Å²) in [6, 6.07) is -0.474. The zero-order valence-electron chi connectivity index (χ0n) is 14.3. The molecule has 0 radical (unpaired) electrons. The van der Waals surface area contributed by atoms with Crippen LogP contribution in [0.15, 0.2) is 0 Å². The van der Waals surface area contributed by atoms with Crippen LogP contribution in [0, 0.1) is 0 Å². The number of carbonyl (C=O) groups is 2. The first kappa shape index (κ1) is 17.6. The molecule has 3 heterocycles. The Morgan fingerprint density at radius 2 is 1.96 bits per heavy atom. The van der Waals surface area contributed by atoms with Crippen LogP contribution in [0.3, 0.4) is 0 Å². The maximum absolute atomic E-state index is 12.9. The first-order chi connectivity index (χ1) is 11.3. The topological polar surface area (TPSA) is 90.0 Å². The molecule has 3 rings (SSSR count). The van der Waals surface area contributed by atoms with E-state index in [1.165, 1.54) is 4.90 Å². The van der Waals surface area contributed by atoms with Crippen molar-refractivity contribution in [1.82, 2.24) is 20.0 Å². The van der Waals surface area contributed by atoms with E-state index in [1.807, 2.05) is 18.9 Å². The highest BCUT2D eigenvalue weighted by molar-refractivity contribution is 7.91. The third-order valence-electron chi connectivity index (χ3n) is 5.54. The van der Waals surface area contributed by atoms with E-state index in [0.29, 0.717) is 25.8 Å². The molecule has 1 unspecified atom stereocenters. The normalized spacial score (nSPS) is 29.6. The van der Waals surface area contributed by atoms with Gasteiger partial charge in [0.15, 0.2) is 9.84 Å². The molecular weight excluding hydrogens is 332 g/mol. The predicted molar refractivity (Wildman–Crippen MR) is 89.1 cm³/mol. The van der Waals surface area contributed by atoms with Crippen molar-refractivity contribution >= 4 is 21.8 Å². The van der Waals surface area contributed by atoms with E-state index in [-0.39, 0.29) is 36.2 Å². The zero-order valence-corrected chi connectivity index (χ0v) is 15.1. The lowest BCUT2D eigenvalue weighted by Crippen LogP contribution is -2.54. The van der Waals surface area contributed by atoms with Crippen molar-refractivity contribution in [2.24, 2.45) is 0 Å². The molecular formula is C15H26N4O4S. The molecule has 3 aliphatic rings. The SMILES string of the molecule is CCN(CN1C(=O)NC2(CCN(C)CC2)C1=O)C1CCS(=O)(=O)C1. The molecule has 9 heteroatoms. The summed E-state index contributed by atoms with van der Waals surface area (Å²) >= 11 is 0. The lowest BCUT2D eigenvalue weighted by atomic mass is 9.88. The van der Waals surface area contributed by atoms with Crippen molar-refractivity contribution in [3.63, 3.8) is 0 Å². The fourth-order valence-electron chi connectivity index (χ4n) is 3.86. The molecule has 0 aromatic rings. The highest BCUT2D eigenvalue weighted by atomic mass is 32.2. The molecule has 1 atom stereocenters. The predicted octanol–water partition coefficient (Wildman–Crippen LogP) is -0.531. The second-order valence-electron chi connectivity index (χ2n) is 7.15. The van der Waals surface area contributed by atoms with Crippen molar-refractivity contribution < 1.29 is 18.0 Å². The van der Waals surface area contributed by atoms with Crippen molar-refractivity contribution in [3.05, 3.63) is 0 Å². The van der Waals surface area contributed by atoms with E-state index in [2.05, 4.69) is 10.2 Å². The maximum atomic E-state index is 12.9. The summed E-state index contributed by atoms with van der Waals surface area (Å²) in [6.07, 6.45) is 1.80. The summed E-state index contributed by atoms with van der Waals surface area (Å²) in [5.74, 6) is 0.130. The highest BCUT2D eigenvalue weighted by Gasteiger charge is 2.52. The van der Waals surface area contributed by atoms with Crippen LogP contribution in [0.25, 0.3) is 0 Å². The van der Waals surface area contributed by atoms with Gasteiger partial charge >= 0.3 is 6.03 Å². The average molecular weight is 358 g/mol. The van der Waals surface area contributed by atoms with E-state index in [1.54, 1.807) is 0 Å². The fourth-order valence-corrected chi connectivity index (χ4v) is 5.62. The van der Waals surface area contributed by atoms with Crippen LogP contribution < -0.4 is 5.32 Å². The summed E-state index contributed by atoms with van der Waals surface area (Å²) in [7, 11) is -0.990. The van der Waals surface area contributed by atoms with Crippen LogP contribution in [0.2, 0.25) is 0 Å². The van der Waals surface area contributed by atoms with E-state index in [4.69, 9.17) is 0 Å². The Bertz CT molecular complexity index is 627. The number of nitrogens with one attached hydrogen (secondary N) is 1. The fraction of sp³-hybridized carbons (Fsp3) is 0.867. The third kappa shape index (κ3) is 3.16. The second kappa shape index (κ2) is 6.27. The highest BCUT2D eigenvalue weighted by Crippen LogP contribution is 2.29. The number of piperidine rings is 1. The summed E-state index contributed by atoms with van der Waals surface area (Å²) in [5, 5.41) is 2.89. The number of amides is 3. The van der Waals surface area contributed by atoms with Gasteiger partial charge in [-0.2, -0.15) is 0 Å². The molecule has 1 spiro atoms. The quantitative estimate of drug-likeness (QED) is 0.680. The van der Waals surface area contributed by atoms with Gasteiger partial charge < -0.3 is 10.2 Å². The molecule has 136 valence electrons. The number of imide groups is 1. The van der Waals surface area contributed by atoms with Gasteiger partial charge in [0.25, 0.3) is 5.91 Å². The van der Waals surface area contributed by atoms with Crippen LogP contribution in [-0.2, 0) is 14.6 Å². The Kier molecular flexibility index (Phi) is 4.61. The van der Waals surface area contributed by atoms with Gasteiger partial charge in [-0.05, 0) is 32.9 Å². The minimum absolute atomic E-state index is 0.112. The van der Waals surface area contributed by atoms with Crippen LogP contribution >= 0.6 is 0 Å². The molecule has 8 nitrogen and oxygen atoms in total. The lowest BCUT2D eigenvalue weighted by Gasteiger charge is -2.36. The van der Waals surface area contributed by atoms with Crippen LogP contribution in [0.1, 0.15) is 26.2 Å². The Morgan fingerprint density at radius 1 is 1.29 bits per heavy atom. The van der Waals surface area contributed by atoms with Crippen molar-refractivity contribution in [2.75, 3.05) is 44.9 Å². The average Bonchev–Trinajstić information content (AvgIpc) is 2.99. The summed E-state index contributed by atoms with van der Waals surface area (Å²) < 4.78 is 23.4. The molecule has 3 aliphatic heterocycles. The smallest absolute Gasteiger partial charge is 0.323 e. The number of hydrogen-bond acceptors (Lipinski definition) is 6. The molecule has 0 aliphatic carbocycles. The standard InChI is InChI=1S/C15H26N4O4S/c1-3-18(12-4-9-24(22,23)10-12)11-19-13(20)15(16-14(19)21)5-7-17(2)8-6-15/h12H,3-11H2,1-2H3,(H,16,21). The maximum Gasteiger partial charge on any atom is 0.326 e. The largest absolute Gasteiger partial charge is 0.326 e. The van der Waals surface area contributed by atoms with E-state index in [9.17, 15) is 18.0 Å². The van der Waals surface area contributed by atoms with E-state index < -0.39 is 15.4 Å². The minimum atomic E-state index is -3.00. The Morgan fingerprint density at radius 3 is 2.50 bits per heavy atom. The number of likely N-dealkylation sites (tertiary alicyclic amines) is 1. The minimum Gasteiger partial charge on any atom is -0.323 e. The Hall–Kier alpha value is -1.19. The first-order valence-corrected chi connectivity index (χ1v) is 10.4. The Balaban J connectivity index is 1.70. The van der Waals surface area contributed by atoms with E-state index >= 15 is 0 Å². The molecule has 3 fully saturated rings. The number of hydrogen-bond donors (Lipinski definition) is 1. The molecule has 0 aromatic carbocycles. The van der Waals surface area contributed by atoms with Crippen molar-refractivity contribution in [3.8, 4) is 0 Å². The number of nitrogens with zero attached hydrogens (tertiary/aromatic N) is 3. The molecule has 3 amide bonds.